The van der Waals surface area contributed by atoms with E-state index < -0.39 is 0 Å². The number of hydrogen-bond donors (Lipinski definition) is 1. The van der Waals surface area contributed by atoms with Crippen molar-refractivity contribution in [3.63, 3.8) is 0 Å². The predicted molar refractivity (Wildman–Crippen MR) is 56.8 cm³/mol. The van der Waals surface area contributed by atoms with Crippen molar-refractivity contribution in [3.8, 4) is 0 Å². The van der Waals surface area contributed by atoms with Crippen molar-refractivity contribution < 1.29 is 17.1 Å². The zero-order valence-corrected chi connectivity index (χ0v) is 9.15. The maximum absolute atomic E-state index is 5.32. The maximum Gasteiger partial charge on any atom is 2.00 e. The number of nitrogens with two attached hydrogens (primary N) is 1. The molecule has 2 aromatic rings. The minimum atomic E-state index is 0. The zero-order chi connectivity index (χ0) is 9.36. The molecule has 0 spiro atoms. The van der Waals surface area contributed by atoms with Crippen LogP contribution in [-0.4, -0.2) is 6.54 Å². The Balaban J connectivity index is 0.000000246. The molecular weight excluding hydrogens is 214 g/mol. The average Bonchev–Trinajstić information content (AvgIpc) is 2.79. The molecular formula is C12H15FeN. The van der Waals surface area contributed by atoms with Gasteiger partial charge in [0.15, 0.2) is 0 Å². The van der Waals surface area contributed by atoms with Crippen LogP contribution in [0.5, 0.6) is 0 Å². The monoisotopic (exact) mass is 229 g/mol. The summed E-state index contributed by atoms with van der Waals surface area (Å²) in [6, 6.07) is 18.2. The van der Waals surface area contributed by atoms with Crippen LogP contribution in [0.15, 0.2) is 54.6 Å². The Morgan fingerprint density at radius 2 is 1.57 bits per heavy atom. The molecule has 0 heterocycles. The molecule has 0 aliphatic heterocycles. The van der Waals surface area contributed by atoms with Gasteiger partial charge >= 0.3 is 17.1 Å². The van der Waals surface area contributed by atoms with Gasteiger partial charge in [0.05, 0.1) is 0 Å². The summed E-state index contributed by atoms with van der Waals surface area (Å²) in [7, 11) is 0. The van der Waals surface area contributed by atoms with Gasteiger partial charge in [-0.1, -0.05) is 6.42 Å². The third-order valence-electron chi connectivity index (χ3n) is 1.72. The Morgan fingerprint density at radius 3 is 1.93 bits per heavy atom. The van der Waals surface area contributed by atoms with E-state index in [1.54, 1.807) is 0 Å². The van der Waals surface area contributed by atoms with Crippen molar-refractivity contribution >= 4 is 0 Å². The van der Waals surface area contributed by atoms with Crippen molar-refractivity contribution in [3.05, 3.63) is 60.2 Å². The molecule has 0 radical (unpaired) electrons. The quantitative estimate of drug-likeness (QED) is 0.620. The van der Waals surface area contributed by atoms with E-state index in [4.69, 9.17) is 5.73 Å². The summed E-state index contributed by atoms with van der Waals surface area (Å²) in [6.45, 7) is 0.754. The van der Waals surface area contributed by atoms with E-state index in [-0.39, 0.29) is 17.1 Å². The molecule has 0 atom stereocenters. The molecule has 1 nitrogen and oxygen atoms in total. The summed E-state index contributed by atoms with van der Waals surface area (Å²) in [4.78, 5) is 0. The molecule has 0 aliphatic carbocycles. The summed E-state index contributed by atoms with van der Waals surface area (Å²) < 4.78 is 0. The van der Waals surface area contributed by atoms with Crippen LogP contribution >= 0.6 is 0 Å². The van der Waals surface area contributed by atoms with Crippen LogP contribution in [0.1, 0.15) is 5.56 Å². The van der Waals surface area contributed by atoms with Crippen molar-refractivity contribution in [1.29, 1.82) is 0 Å². The second kappa shape index (κ2) is 8.76. The molecule has 0 unspecified atom stereocenters. The van der Waals surface area contributed by atoms with Gasteiger partial charge in [-0.15, -0.1) is 0 Å². The van der Waals surface area contributed by atoms with E-state index in [1.807, 2.05) is 42.5 Å². The Kier molecular flexibility index (Phi) is 8.25. The molecule has 14 heavy (non-hydrogen) atoms. The van der Waals surface area contributed by atoms with Crippen LogP contribution in [0.3, 0.4) is 0 Å². The first-order valence-corrected chi connectivity index (χ1v) is 4.51. The van der Waals surface area contributed by atoms with E-state index in [1.165, 1.54) is 5.56 Å². The first-order chi connectivity index (χ1) is 6.43. The normalized spacial score (nSPS) is 8.36. The smallest absolute Gasteiger partial charge is 0.331 e. The third kappa shape index (κ3) is 5.76. The Morgan fingerprint density at radius 1 is 1.00 bits per heavy atom. The summed E-state index contributed by atoms with van der Waals surface area (Å²) in [5, 5.41) is 0. The summed E-state index contributed by atoms with van der Waals surface area (Å²) in [5.74, 6) is 0. The van der Waals surface area contributed by atoms with Gasteiger partial charge in [-0.05, 0) is 6.54 Å². The molecule has 0 amide bonds. The first-order valence-electron chi connectivity index (χ1n) is 4.51. The van der Waals surface area contributed by atoms with Gasteiger partial charge in [-0.25, -0.2) is 24.3 Å². The van der Waals surface area contributed by atoms with Crippen LogP contribution in [0, 0.1) is 0 Å². The van der Waals surface area contributed by atoms with Crippen LogP contribution in [0.25, 0.3) is 0 Å². The molecule has 0 aliphatic rings. The zero-order valence-electron chi connectivity index (χ0n) is 8.04. The molecule has 2 heteroatoms. The minimum Gasteiger partial charge on any atom is -0.331 e. The number of rotatable bonds is 2. The molecule has 0 aromatic heterocycles. The Hall–Kier alpha value is -0.821. The first kappa shape index (κ1) is 13.2. The van der Waals surface area contributed by atoms with E-state index >= 15 is 0 Å². The van der Waals surface area contributed by atoms with Crippen LogP contribution in [-0.2, 0) is 23.5 Å². The molecule has 76 valence electrons. The average molecular weight is 229 g/mol. The van der Waals surface area contributed by atoms with E-state index in [9.17, 15) is 0 Å². The van der Waals surface area contributed by atoms with Crippen molar-refractivity contribution in [2.75, 3.05) is 6.54 Å². The number of hydrogen-bond acceptors (Lipinski definition) is 1. The molecule has 0 saturated heterocycles. The molecule has 0 fully saturated rings. The molecule has 0 bridgehead atoms. The van der Waals surface area contributed by atoms with Gasteiger partial charge in [-0.3, -0.25) is 0 Å². The van der Waals surface area contributed by atoms with Crippen LogP contribution < -0.4 is 5.73 Å². The molecule has 2 rings (SSSR count). The van der Waals surface area contributed by atoms with Gasteiger partial charge in [0.2, 0.25) is 0 Å². The summed E-state index contributed by atoms with van der Waals surface area (Å²) in [5.41, 5.74) is 6.66. The second-order valence-corrected chi connectivity index (χ2v) is 2.79. The van der Waals surface area contributed by atoms with Gasteiger partial charge < -0.3 is 5.73 Å². The van der Waals surface area contributed by atoms with Crippen LogP contribution in [0.4, 0.5) is 0 Å². The standard InChI is InChI=1S/C7H10N.C5H5.Fe/c8-6-5-7-3-1-2-4-7;1-2-4-5-3-1;/h1-4H,5-6,8H2;1-5H;/q2*-1;+2. The van der Waals surface area contributed by atoms with Gasteiger partial charge in [0.1, 0.15) is 0 Å². The van der Waals surface area contributed by atoms with E-state index in [2.05, 4.69) is 12.1 Å². The summed E-state index contributed by atoms with van der Waals surface area (Å²) >= 11 is 0. The van der Waals surface area contributed by atoms with Gasteiger partial charge in [0.25, 0.3) is 0 Å². The van der Waals surface area contributed by atoms with E-state index in [0.717, 1.165) is 13.0 Å². The second-order valence-electron chi connectivity index (χ2n) is 2.79. The topological polar surface area (TPSA) is 26.0 Å². The fourth-order valence-corrected chi connectivity index (χ4v) is 1.07. The molecule has 0 saturated carbocycles. The fourth-order valence-electron chi connectivity index (χ4n) is 1.07. The third-order valence-corrected chi connectivity index (χ3v) is 1.72. The van der Waals surface area contributed by atoms with Crippen molar-refractivity contribution in [1.82, 2.24) is 0 Å². The predicted octanol–water partition coefficient (Wildman–Crippen LogP) is 2.31. The SMILES string of the molecule is NCC[c-]1cccc1.[Fe+2].c1cc[cH-]c1. The Bertz CT molecular complexity index is 254. The van der Waals surface area contributed by atoms with Gasteiger partial charge in [0, 0.05) is 0 Å². The van der Waals surface area contributed by atoms with Crippen LogP contribution in [0.2, 0.25) is 0 Å². The van der Waals surface area contributed by atoms with Crippen molar-refractivity contribution in [2.24, 2.45) is 5.73 Å². The largest absolute Gasteiger partial charge is 2.00 e. The summed E-state index contributed by atoms with van der Waals surface area (Å²) in [6.07, 6.45) is 1.01. The molecule has 2 aromatic carbocycles. The fraction of sp³-hybridized carbons (Fsp3) is 0.167. The van der Waals surface area contributed by atoms with Gasteiger partial charge in [-0.2, -0.15) is 35.9 Å². The van der Waals surface area contributed by atoms with E-state index in [0.29, 0.717) is 0 Å². The maximum atomic E-state index is 5.32. The minimum absolute atomic E-state index is 0. The molecule has 2 N–H and O–H groups in total. The van der Waals surface area contributed by atoms with Crippen molar-refractivity contribution in [2.45, 2.75) is 6.42 Å². The Labute approximate surface area is 96.1 Å².